The highest BCUT2D eigenvalue weighted by Gasteiger charge is 2.28. The van der Waals surface area contributed by atoms with E-state index in [0.29, 0.717) is 16.4 Å². The second-order valence-electron chi connectivity index (χ2n) is 5.01. The number of ketones is 1. The van der Waals surface area contributed by atoms with E-state index in [0.717, 1.165) is 0 Å². The molecule has 120 valence electrons. The Hall–Kier alpha value is -2.54. The summed E-state index contributed by atoms with van der Waals surface area (Å²) in [5, 5.41) is 5.14. The normalized spacial score (nSPS) is 17.7. The molecule has 0 bridgehead atoms. The van der Waals surface area contributed by atoms with Crippen molar-refractivity contribution in [1.82, 2.24) is 5.32 Å². The molecule has 2 N–H and O–H groups in total. The first-order valence-corrected chi connectivity index (χ1v) is 7.34. The van der Waals surface area contributed by atoms with E-state index >= 15 is 0 Å². The lowest BCUT2D eigenvalue weighted by molar-refractivity contribution is -0.120. The van der Waals surface area contributed by atoms with E-state index < -0.39 is 17.6 Å². The van der Waals surface area contributed by atoms with Crippen molar-refractivity contribution in [2.45, 2.75) is 13.3 Å². The Labute approximate surface area is 138 Å². The zero-order valence-electron chi connectivity index (χ0n) is 12.7. The second kappa shape index (κ2) is 7.15. The predicted octanol–water partition coefficient (Wildman–Crippen LogP) is 1.61. The third kappa shape index (κ3) is 4.01. The largest absolute Gasteiger partial charge is 0.495 e. The van der Waals surface area contributed by atoms with Gasteiger partial charge in [0.2, 0.25) is 5.91 Å². The van der Waals surface area contributed by atoms with Crippen molar-refractivity contribution in [1.29, 1.82) is 0 Å². The van der Waals surface area contributed by atoms with Crippen LogP contribution >= 0.6 is 12.2 Å². The number of amides is 2. The highest BCUT2D eigenvalue weighted by molar-refractivity contribution is 7.80. The molecule has 0 aliphatic carbocycles. The molecule has 0 saturated carbocycles. The van der Waals surface area contributed by atoms with Crippen LogP contribution in [0.2, 0.25) is 0 Å². The van der Waals surface area contributed by atoms with Crippen molar-refractivity contribution in [3.63, 3.8) is 0 Å². The minimum Gasteiger partial charge on any atom is -0.495 e. The van der Waals surface area contributed by atoms with E-state index in [9.17, 15) is 14.4 Å². The number of nitrogens with one attached hydrogen (secondary N) is 2. The smallest absolute Gasteiger partial charge is 0.259 e. The first kappa shape index (κ1) is 16.8. The van der Waals surface area contributed by atoms with Crippen LogP contribution in [0.5, 0.6) is 5.75 Å². The van der Waals surface area contributed by atoms with Crippen molar-refractivity contribution in [2.24, 2.45) is 5.92 Å². The fourth-order valence-corrected chi connectivity index (χ4v) is 2.47. The third-order valence-corrected chi connectivity index (χ3v) is 3.76. The first-order valence-electron chi connectivity index (χ1n) is 6.93. The van der Waals surface area contributed by atoms with Crippen molar-refractivity contribution < 1.29 is 19.1 Å². The molecule has 0 aromatic heterocycles. The van der Waals surface area contributed by atoms with Gasteiger partial charge in [-0.15, -0.1) is 0 Å². The lowest BCUT2D eigenvalue weighted by atomic mass is 10.0. The number of rotatable bonds is 5. The number of anilines is 1. The van der Waals surface area contributed by atoms with Gasteiger partial charge in [0.1, 0.15) is 5.75 Å². The number of thiocarbonyl (C=S) groups is 1. The lowest BCUT2D eigenvalue weighted by Gasteiger charge is -2.11. The fraction of sp³-hybridized carbons (Fsp3) is 0.250. The van der Waals surface area contributed by atoms with Gasteiger partial charge in [-0.05, 0) is 19.1 Å². The second-order valence-corrected chi connectivity index (χ2v) is 5.45. The van der Waals surface area contributed by atoms with Crippen molar-refractivity contribution in [3.05, 3.63) is 35.9 Å². The molecule has 7 heteroatoms. The molecule has 1 atom stereocenters. The summed E-state index contributed by atoms with van der Waals surface area (Å²) < 4.78 is 5.16. The van der Waals surface area contributed by atoms with Crippen molar-refractivity contribution in [3.8, 4) is 5.75 Å². The Kier molecular flexibility index (Phi) is 5.23. The van der Waals surface area contributed by atoms with E-state index in [1.807, 2.05) is 0 Å². The average molecular weight is 332 g/mol. The minimum absolute atomic E-state index is 0.0419. The summed E-state index contributed by atoms with van der Waals surface area (Å²) in [7, 11) is 1.49. The highest BCUT2D eigenvalue weighted by atomic mass is 32.1. The molecule has 1 unspecified atom stereocenters. The molecule has 1 aromatic carbocycles. The van der Waals surface area contributed by atoms with Crippen LogP contribution in [0.25, 0.3) is 0 Å². The predicted molar refractivity (Wildman–Crippen MR) is 89.2 cm³/mol. The van der Waals surface area contributed by atoms with Gasteiger partial charge >= 0.3 is 0 Å². The summed E-state index contributed by atoms with van der Waals surface area (Å²) >= 11 is 5.04. The Morgan fingerprint density at radius 2 is 2.09 bits per heavy atom. The monoisotopic (exact) mass is 332 g/mol. The Balaban J connectivity index is 2.24. The van der Waals surface area contributed by atoms with Gasteiger partial charge in [0.15, 0.2) is 5.78 Å². The number of Topliss-reactive ketones (excluding diaryl/α,β-unsaturated/α-hetero) is 1. The van der Waals surface area contributed by atoms with Crippen LogP contribution in [0.3, 0.4) is 0 Å². The van der Waals surface area contributed by atoms with Crippen molar-refractivity contribution in [2.75, 3.05) is 12.4 Å². The van der Waals surface area contributed by atoms with Crippen LogP contribution in [0, 0.1) is 5.92 Å². The summed E-state index contributed by atoms with van der Waals surface area (Å²) in [6, 6.07) is 6.87. The number of benzene rings is 1. The molecule has 1 aliphatic rings. The zero-order chi connectivity index (χ0) is 17.0. The number of methoxy groups -OCH3 is 1. The van der Waals surface area contributed by atoms with Gasteiger partial charge in [0.25, 0.3) is 5.91 Å². The summed E-state index contributed by atoms with van der Waals surface area (Å²) in [6.45, 7) is 1.29. The number of hydrogen-bond donors (Lipinski definition) is 2. The molecule has 1 aromatic rings. The molecule has 2 amide bonds. The quantitative estimate of drug-likeness (QED) is 0.370. The van der Waals surface area contributed by atoms with Crippen LogP contribution in [0.15, 0.2) is 35.9 Å². The molecule has 2 rings (SSSR count). The summed E-state index contributed by atoms with van der Waals surface area (Å²) in [5.41, 5.74) is 0.412. The van der Waals surface area contributed by atoms with Crippen LogP contribution in [0.4, 0.5) is 5.69 Å². The van der Waals surface area contributed by atoms with Gasteiger partial charge < -0.3 is 15.4 Å². The standard InChI is InChI=1S/C16H16N2O4S/c1-9(19)11(7-10-8-14(20)18-16(10)23)15(21)17-12-5-3-4-6-13(12)22-2/h3-7,10H,8H2,1-2H3,(H,17,21)(H,18,20,23)/b11-7+. The Bertz CT molecular complexity index is 712. The number of ether oxygens (including phenoxy) is 1. The lowest BCUT2D eigenvalue weighted by Crippen LogP contribution is -2.22. The summed E-state index contributed by atoms with van der Waals surface area (Å²) in [4.78, 5) is 35.8. The SMILES string of the molecule is COc1ccccc1NC(=O)/C(=C/C1CC(=O)NC1=S)C(C)=O. The number of hydrogen-bond acceptors (Lipinski definition) is 5. The maximum atomic E-state index is 12.4. The summed E-state index contributed by atoms with van der Waals surface area (Å²) in [6.07, 6.45) is 1.57. The maximum absolute atomic E-state index is 12.4. The van der Waals surface area contributed by atoms with Gasteiger partial charge in [-0.1, -0.05) is 30.4 Å². The molecule has 0 radical (unpaired) electrons. The number of carbonyl (C=O) groups is 3. The molecule has 6 nitrogen and oxygen atoms in total. The molecule has 1 heterocycles. The van der Waals surface area contributed by atoms with Crippen LogP contribution < -0.4 is 15.4 Å². The minimum atomic E-state index is -0.566. The van der Waals surface area contributed by atoms with Gasteiger partial charge in [0, 0.05) is 12.3 Å². The number of para-hydroxylation sites is 2. The van der Waals surface area contributed by atoms with Gasteiger partial charge in [-0.2, -0.15) is 0 Å². The Morgan fingerprint density at radius 3 is 2.65 bits per heavy atom. The van der Waals surface area contributed by atoms with Gasteiger partial charge in [-0.25, -0.2) is 0 Å². The van der Waals surface area contributed by atoms with E-state index in [4.69, 9.17) is 17.0 Å². The molecule has 0 spiro atoms. The molecular formula is C16H16N2O4S. The van der Waals surface area contributed by atoms with Crippen LogP contribution in [-0.2, 0) is 14.4 Å². The highest BCUT2D eigenvalue weighted by Crippen LogP contribution is 2.24. The third-order valence-electron chi connectivity index (χ3n) is 3.35. The summed E-state index contributed by atoms with van der Waals surface area (Å²) in [5.74, 6) is -1.15. The Morgan fingerprint density at radius 1 is 1.39 bits per heavy atom. The average Bonchev–Trinajstić information content (AvgIpc) is 2.82. The van der Waals surface area contributed by atoms with E-state index in [2.05, 4.69) is 10.6 Å². The van der Waals surface area contributed by atoms with Crippen LogP contribution in [-0.4, -0.2) is 29.7 Å². The zero-order valence-corrected chi connectivity index (χ0v) is 13.5. The first-order chi connectivity index (χ1) is 10.9. The van der Waals surface area contributed by atoms with E-state index in [-0.39, 0.29) is 17.9 Å². The number of carbonyl (C=O) groups excluding carboxylic acids is 3. The van der Waals surface area contributed by atoms with Crippen LogP contribution in [0.1, 0.15) is 13.3 Å². The van der Waals surface area contributed by atoms with E-state index in [1.54, 1.807) is 24.3 Å². The maximum Gasteiger partial charge on any atom is 0.259 e. The van der Waals surface area contributed by atoms with Crippen molar-refractivity contribution >= 4 is 40.5 Å². The molecular weight excluding hydrogens is 316 g/mol. The topological polar surface area (TPSA) is 84.5 Å². The molecule has 23 heavy (non-hydrogen) atoms. The molecule has 1 fully saturated rings. The fourth-order valence-electron chi connectivity index (χ4n) is 2.20. The van der Waals surface area contributed by atoms with Gasteiger partial charge in [-0.3, -0.25) is 14.4 Å². The molecule has 1 saturated heterocycles. The molecule has 1 aliphatic heterocycles. The van der Waals surface area contributed by atoms with E-state index in [1.165, 1.54) is 20.1 Å². The van der Waals surface area contributed by atoms with Gasteiger partial charge in [0.05, 0.1) is 23.4 Å².